The lowest BCUT2D eigenvalue weighted by Crippen LogP contribution is -2.31. The second-order valence-electron chi connectivity index (χ2n) is 7.93. The number of aromatic nitrogens is 4. The van der Waals surface area contributed by atoms with Crippen molar-refractivity contribution < 1.29 is 5.11 Å². The van der Waals surface area contributed by atoms with Crippen LogP contribution in [-0.2, 0) is 13.6 Å². The average molecular weight is 435 g/mol. The Morgan fingerprint density at radius 1 is 1.00 bits per heavy atom. The summed E-state index contributed by atoms with van der Waals surface area (Å²) in [4.78, 5) is 31.5. The van der Waals surface area contributed by atoms with E-state index < -0.39 is 17.4 Å². The monoisotopic (exact) mass is 434 g/mol. The number of nitrogens with one attached hydrogen (secondary N) is 3. The van der Waals surface area contributed by atoms with Crippen molar-refractivity contribution in [2.24, 2.45) is 7.05 Å². The van der Waals surface area contributed by atoms with Crippen LogP contribution in [0.4, 0.5) is 17.3 Å². The number of aliphatic hydroxyl groups excluding tert-OH is 1. The third kappa shape index (κ3) is 4.42. The summed E-state index contributed by atoms with van der Waals surface area (Å²) in [5.41, 5.74) is 3.30. The van der Waals surface area contributed by atoms with Crippen molar-refractivity contribution in [2.75, 3.05) is 17.2 Å². The molecule has 2 heterocycles. The Kier molecular flexibility index (Phi) is 5.83. The van der Waals surface area contributed by atoms with Gasteiger partial charge in [-0.15, -0.1) is 0 Å². The van der Waals surface area contributed by atoms with Gasteiger partial charge in [0.15, 0.2) is 11.2 Å². The number of nitrogens with zero attached hydrogens (tertiary/aromatic N) is 3. The van der Waals surface area contributed by atoms with Crippen LogP contribution in [-0.4, -0.2) is 36.9 Å². The minimum absolute atomic E-state index is 0.102. The van der Waals surface area contributed by atoms with E-state index in [4.69, 9.17) is 0 Å². The Hall–Kier alpha value is -3.85. The van der Waals surface area contributed by atoms with Crippen molar-refractivity contribution >= 4 is 28.5 Å². The number of H-pyrrole nitrogens is 1. The van der Waals surface area contributed by atoms with E-state index in [2.05, 4.69) is 20.6 Å². The van der Waals surface area contributed by atoms with E-state index in [1.807, 2.05) is 62.4 Å². The first-order valence-corrected chi connectivity index (χ1v) is 10.3. The standard InChI is InChI=1S/C23H26N6O3/c1-14-4-8-16(9-5-14)24-12-18(30)13-29-19-20(28(3)23(32)27-21(19)31)26-22(29)25-17-10-6-15(2)7-11-17/h4-11,18,24,30H,12-13H2,1-3H3,(H,25,26)(H,27,31,32)/t18-/m1/s1. The van der Waals surface area contributed by atoms with E-state index in [1.54, 1.807) is 11.6 Å². The fraction of sp³-hybridized carbons (Fsp3) is 0.261. The molecule has 0 amide bonds. The first kappa shape index (κ1) is 21.4. The molecule has 0 aliphatic rings. The van der Waals surface area contributed by atoms with Crippen molar-refractivity contribution in [1.82, 2.24) is 19.1 Å². The third-order valence-corrected chi connectivity index (χ3v) is 5.30. The molecule has 1 atom stereocenters. The summed E-state index contributed by atoms with van der Waals surface area (Å²) in [5, 5.41) is 17.1. The zero-order valence-corrected chi connectivity index (χ0v) is 18.2. The van der Waals surface area contributed by atoms with Crippen LogP contribution in [0.1, 0.15) is 11.1 Å². The maximum absolute atomic E-state index is 12.6. The van der Waals surface area contributed by atoms with E-state index in [9.17, 15) is 14.7 Å². The van der Waals surface area contributed by atoms with Gasteiger partial charge >= 0.3 is 5.69 Å². The lowest BCUT2D eigenvalue weighted by molar-refractivity contribution is 0.168. The average Bonchev–Trinajstić information content (AvgIpc) is 3.12. The van der Waals surface area contributed by atoms with Crippen LogP contribution in [0.25, 0.3) is 11.2 Å². The van der Waals surface area contributed by atoms with Gasteiger partial charge in [0.25, 0.3) is 5.56 Å². The Labute approximate surface area is 184 Å². The maximum Gasteiger partial charge on any atom is 0.329 e. The minimum Gasteiger partial charge on any atom is -0.389 e. The van der Waals surface area contributed by atoms with Crippen LogP contribution in [0.5, 0.6) is 0 Å². The van der Waals surface area contributed by atoms with Crippen molar-refractivity contribution in [2.45, 2.75) is 26.5 Å². The highest BCUT2D eigenvalue weighted by Gasteiger charge is 2.20. The second kappa shape index (κ2) is 8.72. The molecule has 0 fully saturated rings. The highest BCUT2D eigenvalue weighted by Crippen LogP contribution is 2.21. The van der Waals surface area contributed by atoms with Crippen LogP contribution in [0.3, 0.4) is 0 Å². The van der Waals surface area contributed by atoms with Crippen molar-refractivity contribution in [1.29, 1.82) is 0 Å². The fourth-order valence-corrected chi connectivity index (χ4v) is 3.46. The number of fused-ring (bicyclic) bond motifs is 1. The number of rotatable bonds is 7. The third-order valence-electron chi connectivity index (χ3n) is 5.30. The highest BCUT2D eigenvalue weighted by molar-refractivity contribution is 5.75. The summed E-state index contributed by atoms with van der Waals surface area (Å²) in [5.74, 6) is 0.366. The number of benzene rings is 2. The maximum atomic E-state index is 12.6. The van der Waals surface area contributed by atoms with E-state index in [0.29, 0.717) is 5.95 Å². The number of imidazole rings is 1. The summed E-state index contributed by atoms with van der Waals surface area (Å²) in [7, 11) is 1.54. The number of aryl methyl sites for hydroxylation is 3. The van der Waals surface area contributed by atoms with E-state index >= 15 is 0 Å². The molecule has 0 aliphatic heterocycles. The van der Waals surface area contributed by atoms with Crippen LogP contribution < -0.4 is 21.9 Å². The van der Waals surface area contributed by atoms with Gasteiger partial charge in [0.1, 0.15) is 0 Å². The van der Waals surface area contributed by atoms with Gasteiger partial charge in [-0.25, -0.2) is 4.79 Å². The quantitative estimate of drug-likeness (QED) is 0.355. The normalized spacial score (nSPS) is 12.1. The Bertz CT molecular complexity index is 1350. The smallest absolute Gasteiger partial charge is 0.329 e. The van der Waals surface area contributed by atoms with E-state index in [1.165, 1.54) is 4.57 Å². The molecule has 2 aromatic heterocycles. The van der Waals surface area contributed by atoms with Crippen molar-refractivity contribution in [3.63, 3.8) is 0 Å². The summed E-state index contributed by atoms with van der Waals surface area (Å²) in [6.07, 6.45) is -0.816. The molecular weight excluding hydrogens is 408 g/mol. The first-order valence-electron chi connectivity index (χ1n) is 10.3. The summed E-state index contributed by atoms with van der Waals surface area (Å²) in [6, 6.07) is 15.6. The van der Waals surface area contributed by atoms with Gasteiger partial charge in [-0.05, 0) is 38.1 Å². The molecule has 2 aromatic carbocycles. The Morgan fingerprint density at radius 2 is 1.59 bits per heavy atom. The van der Waals surface area contributed by atoms with Crippen LogP contribution in [0.15, 0.2) is 58.1 Å². The largest absolute Gasteiger partial charge is 0.389 e. The topological polar surface area (TPSA) is 117 Å². The molecule has 4 rings (SSSR count). The van der Waals surface area contributed by atoms with E-state index in [-0.39, 0.29) is 24.3 Å². The van der Waals surface area contributed by atoms with Crippen LogP contribution in [0, 0.1) is 13.8 Å². The molecule has 166 valence electrons. The molecule has 0 aliphatic carbocycles. The zero-order valence-electron chi connectivity index (χ0n) is 18.2. The molecule has 0 saturated carbocycles. The van der Waals surface area contributed by atoms with Crippen LogP contribution >= 0.6 is 0 Å². The van der Waals surface area contributed by atoms with Gasteiger partial charge in [-0.2, -0.15) is 4.98 Å². The predicted molar refractivity (Wildman–Crippen MR) is 126 cm³/mol. The molecule has 0 bridgehead atoms. The zero-order chi connectivity index (χ0) is 22.8. The van der Waals surface area contributed by atoms with Crippen molar-refractivity contribution in [3.05, 3.63) is 80.5 Å². The lowest BCUT2D eigenvalue weighted by Gasteiger charge is -2.16. The fourth-order valence-electron chi connectivity index (χ4n) is 3.46. The van der Waals surface area contributed by atoms with Gasteiger partial charge in [-0.3, -0.25) is 14.3 Å². The summed E-state index contributed by atoms with van der Waals surface area (Å²) >= 11 is 0. The molecule has 4 aromatic rings. The molecule has 9 nitrogen and oxygen atoms in total. The van der Waals surface area contributed by atoms with Gasteiger partial charge in [-0.1, -0.05) is 35.4 Å². The van der Waals surface area contributed by atoms with E-state index in [0.717, 1.165) is 22.5 Å². The Balaban J connectivity index is 1.66. The molecule has 4 N–H and O–H groups in total. The molecule has 32 heavy (non-hydrogen) atoms. The molecule has 9 heteroatoms. The number of hydrogen-bond acceptors (Lipinski definition) is 6. The molecular formula is C23H26N6O3. The lowest BCUT2D eigenvalue weighted by atomic mass is 10.2. The van der Waals surface area contributed by atoms with Gasteiger partial charge in [0, 0.05) is 25.0 Å². The van der Waals surface area contributed by atoms with Crippen molar-refractivity contribution in [3.8, 4) is 0 Å². The van der Waals surface area contributed by atoms with Crippen LogP contribution in [0.2, 0.25) is 0 Å². The minimum atomic E-state index is -0.816. The molecule has 0 saturated heterocycles. The molecule has 0 radical (unpaired) electrons. The van der Waals surface area contributed by atoms with Gasteiger partial charge in [0.2, 0.25) is 5.95 Å². The summed E-state index contributed by atoms with van der Waals surface area (Å²) in [6.45, 7) is 4.38. The number of aromatic amines is 1. The highest BCUT2D eigenvalue weighted by atomic mass is 16.3. The van der Waals surface area contributed by atoms with Gasteiger partial charge in [0.05, 0.1) is 12.6 Å². The predicted octanol–water partition coefficient (Wildman–Crippen LogP) is 2.26. The molecule has 0 unspecified atom stereocenters. The van der Waals surface area contributed by atoms with Gasteiger partial charge < -0.3 is 20.3 Å². The first-order chi connectivity index (χ1) is 15.3. The SMILES string of the molecule is Cc1ccc(NC[C@@H](O)Cn2c(Nc3ccc(C)cc3)nc3c2c(=O)[nH]c(=O)n3C)cc1. The molecule has 0 spiro atoms. The Morgan fingerprint density at radius 3 is 2.22 bits per heavy atom. The summed E-state index contributed by atoms with van der Waals surface area (Å²) < 4.78 is 2.89. The second-order valence-corrected chi connectivity index (χ2v) is 7.93. The number of aliphatic hydroxyl groups is 1. The number of anilines is 3. The number of hydrogen-bond donors (Lipinski definition) is 4.